The zero-order chi connectivity index (χ0) is 23.5. The number of rotatable bonds is 6. The number of carbonyl (C=O) groups excluding carboxylic acids is 1. The van der Waals surface area contributed by atoms with Gasteiger partial charge in [0.15, 0.2) is 0 Å². The summed E-state index contributed by atoms with van der Waals surface area (Å²) in [7, 11) is 0. The first kappa shape index (κ1) is 22.4. The van der Waals surface area contributed by atoms with E-state index >= 15 is 0 Å². The van der Waals surface area contributed by atoms with E-state index in [4.69, 9.17) is 33.7 Å². The lowest BCUT2D eigenvalue weighted by Gasteiger charge is -2.08. The Bertz CT molecular complexity index is 1400. The minimum Gasteiger partial charge on any atom is -0.489 e. The summed E-state index contributed by atoms with van der Waals surface area (Å²) in [6.07, 6.45) is 3.73. The van der Waals surface area contributed by atoms with E-state index < -0.39 is 0 Å². The summed E-state index contributed by atoms with van der Waals surface area (Å²) in [4.78, 5) is 12.8. The molecule has 0 spiro atoms. The van der Waals surface area contributed by atoms with Gasteiger partial charge < -0.3 is 10.1 Å². The number of nitrogens with one attached hydrogen (secondary N) is 1. The molecular formula is C26H18ClN3O2S2. The zero-order valence-corrected chi connectivity index (χ0v) is 20.2. The van der Waals surface area contributed by atoms with E-state index in [0.717, 1.165) is 33.8 Å². The number of thiocarbonyl (C=S) groups is 1. The minimum atomic E-state index is -0.201. The van der Waals surface area contributed by atoms with Crippen LogP contribution < -0.4 is 10.1 Å². The Hall–Kier alpha value is -3.39. The molecule has 5 rings (SSSR count). The highest BCUT2D eigenvalue weighted by Crippen LogP contribution is 2.32. The maximum atomic E-state index is 12.3. The molecule has 0 unspecified atom stereocenters. The van der Waals surface area contributed by atoms with Crippen LogP contribution >= 0.6 is 35.6 Å². The molecule has 0 bridgehead atoms. The van der Waals surface area contributed by atoms with Gasteiger partial charge in [-0.25, -0.2) is 4.68 Å². The Labute approximate surface area is 211 Å². The largest absolute Gasteiger partial charge is 0.489 e. The SMILES string of the molecule is O=C1NC(=S)SC1=Cc1cn(-c2ccccc2)nc1-c1cccc(OCc2ccc(Cl)cc2)c1. The number of benzene rings is 3. The lowest BCUT2D eigenvalue weighted by molar-refractivity contribution is -0.115. The van der Waals surface area contributed by atoms with Crippen molar-refractivity contribution in [3.8, 4) is 22.7 Å². The van der Waals surface area contributed by atoms with Gasteiger partial charge in [0.05, 0.1) is 10.6 Å². The van der Waals surface area contributed by atoms with Crippen LogP contribution in [0.5, 0.6) is 5.75 Å². The second-order valence-corrected chi connectivity index (χ2v) is 9.66. The summed E-state index contributed by atoms with van der Waals surface area (Å²) < 4.78 is 8.27. The van der Waals surface area contributed by atoms with Crippen LogP contribution in [-0.4, -0.2) is 20.0 Å². The molecule has 0 atom stereocenters. The monoisotopic (exact) mass is 503 g/mol. The van der Waals surface area contributed by atoms with Gasteiger partial charge in [0.1, 0.15) is 22.4 Å². The van der Waals surface area contributed by atoms with Gasteiger partial charge in [-0.3, -0.25) is 4.79 Å². The lowest BCUT2D eigenvalue weighted by atomic mass is 10.1. The van der Waals surface area contributed by atoms with Crippen molar-refractivity contribution in [3.05, 3.63) is 106 Å². The Morgan fingerprint density at radius 3 is 2.59 bits per heavy atom. The number of ether oxygens (including phenoxy) is 1. The van der Waals surface area contributed by atoms with Gasteiger partial charge in [0, 0.05) is 22.3 Å². The van der Waals surface area contributed by atoms with Gasteiger partial charge in [-0.15, -0.1) is 0 Å². The summed E-state index contributed by atoms with van der Waals surface area (Å²) >= 11 is 12.4. The number of carbonyl (C=O) groups is 1. The summed E-state index contributed by atoms with van der Waals surface area (Å²) in [5.41, 5.74) is 4.36. The smallest absolute Gasteiger partial charge is 0.263 e. The standard InChI is InChI=1S/C26H18ClN3O2S2/c27-20-11-9-17(10-12-20)16-32-22-8-4-5-18(13-22)24-19(14-23-25(31)28-26(33)34-23)15-30(29-24)21-6-2-1-3-7-21/h1-15H,16H2,(H,28,31,33). The third-order valence-electron chi connectivity index (χ3n) is 5.12. The number of para-hydroxylation sites is 1. The van der Waals surface area contributed by atoms with E-state index in [2.05, 4.69) is 5.32 Å². The van der Waals surface area contributed by atoms with Crippen molar-refractivity contribution in [2.45, 2.75) is 6.61 Å². The fraction of sp³-hybridized carbons (Fsp3) is 0.0385. The number of hydrogen-bond acceptors (Lipinski definition) is 5. The van der Waals surface area contributed by atoms with Crippen LogP contribution in [0.25, 0.3) is 23.0 Å². The molecule has 34 heavy (non-hydrogen) atoms. The highest BCUT2D eigenvalue weighted by Gasteiger charge is 2.23. The molecule has 0 radical (unpaired) electrons. The first-order valence-corrected chi connectivity index (χ1v) is 12.0. The van der Waals surface area contributed by atoms with E-state index in [-0.39, 0.29) is 5.91 Å². The second-order valence-electron chi connectivity index (χ2n) is 7.51. The van der Waals surface area contributed by atoms with Crippen LogP contribution in [0, 0.1) is 0 Å². The van der Waals surface area contributed by atoms with Crippen LogP contribution in [0.3, 0.4) is 0 Å². The Kier molecular flexibility index (Phi) is 6.49. The molecule has 8 heteroatoms. The molecule has 1 N–H and O–H groups in total. The van der Waals surface area contributed by atoms with E-state index in [0.29, 0.717) is 20.9 Å². The van der Waals surface area contributed by atoms with Crippen LogP contribution in [0.15, 0.2) is 90.0 Å². The molecule has 1 aromatic heterocycles. The van der Waals surface area contributed by atoms with Crippen molar-refractivity contribution in [2.75, 3.05) is 0 Å². The normalized spacial score (nSPS) is 14.4. The summed E-state index contributed by atoms with van der Waals surface area (Å²) in [6, 6.07) is 25.1. The number of aromatic nitrogens is 2. The van der Waals surface area contributed by atoms with Crippen molar-refractivity contribution in [2.24, 2.45) is 0 Å². The topological polar surface area (TPSA) is 56.2 Å². The maximum Gasteiger partial charge on any atom is 0.263 e. The molecule has 1 aliphatic heterocycles. The number of thioether (sulfide) groups is 1. The lowest BCUT2D eigenvalue weighted by Crippen LogP contribution is -2.17. The van der Waals surface area contributed by atoms with Crippen molar-refractivity contribution in [1.82, 2.24) is 15.1 Å². The third-order valence-corrected chi connectivity index (χ3v) is 6.53. The third kappa shape index (κ3) is 5.07. The van der Waals surface area contributed by atoms with Crippen LogP contribution in [0.1, 0.15) is 11.1 Å². The minimum absolute atomic E-state index is 0.201. The van der Waals surface area contributed by atoms with E-state index in [1.165, 1.54) is 11.8 Å². The molecule has 1 amide bonds. The van der Waals surface area contributed by atoms with Gasteiger partial charge >= 0.3 is 0 Å². The molecule has 0 aliphatic carbocycles. The van der Waals surface area contributed by atoms with Gasteiger partial charge in [0.25, 0.3) is 5.91 Å². The van der Waals surface area contributed by atoms with Crippen molar-refractivity contribution < 1.29 is 9.53 Å². The number of nitrogens with zero attached hydrogens (tertiary/aromatic N) is 2. The van der Waals surface area contributed by atoms with Crippen molar-refractivity contribution in [1.29, 1.82) is 0 Å². The fourth-order valence-electron chi connectivity index (χ4n) is 3.47. The van der Waals surface area contributed by atoms with E-state index in [1.807, 2.05) is 91.1 Å². The Balaban J connectivity index is 1.49. The quantitative estimate of drug-likeness (QED) is 0.248. The molecule has 2 heterocycles. The van der Waals surface area contributed by atoms with Crippen LogP contribution in [0.2, 0.25) is 5.02 Å². The Morgan fingerprint density at radius 1 is 1.06 bits per heavy atom. The first-order chi connectivity index (χ1) is 16.5. The second kappa shape index (κ2) is 9.85. The predicted molar refractivity (Wildman–Crippen MR) is 141 cm³/mol. The van der Waals surface area contributed by atoms with Gasteiger partial charge in [0.2, 0.25) is 0 Å². The number of hydrogen-bond donors (Lipinski definition) is 1. The van der Waals surface area contributed by atoms with Crippen LogP contribution in [0.4, 0.5) is 0 Å². The summed E-state index contributed by atoms with van der Waals surface area (Å²) in [6.45, 7) is 0.421. The van der Waals surface area contributed by atoms with Gasteiger partial charge in [-0.1, -0.05) is 78.0 Å². The highest BCUT2D eigenvalue weighted by molar-refractivity contribution is 8.26. The average molecular weight is 504 g/mol. The number of amides is 1. The molecule has 168 valence electrons. The molecular weight excluding hydrogens is 486 g/mol. The van der Waals surface area contributed by atoms with E-state index in [1.54, 1.807) is 4.68 Å². The first-order valence-electron chi connectivity index (χ1n) is 10.4. The van der Waals surface area contributed by atoms with Crippen LogP contribution in [-0.2, 0) is 11.4 Å². The Morgan fingerprint density at radius 2 is 1.85 bits per heavy atom. The molecule has 1 aliphatic rings. The molecule has 1 fully saturated rings. The molecule has 0 saturated carbocycles. The van der Waals surface area contributed by atoms with Crippen molar-refractivity contribution in [3.63, 3.8) is 0 Å². The fourth-order valence-corrected chi connectivity index (χ4v) is 4.63. The van der Waals surface area contributed by atoms with Gasteiger partial charge in [-0.05, 0) is 48.0 Å². The molecule has 4 aromatic rings. The van der Waals surface area contributed by atoms with Crippen molar-refractivity contribution >= 4 is 51.9 Å². The summed E-state index contributed by atoms with van der Waals surface area (Å²) in [5, 5.41) is 8.19. The number of halogens is 1. The van der Waals surface area contributed by atoms with E-state index in [9.17, 15) is 4.79 Å². The molecule has 5 nitrogen and oxygen atoms in total. The average Bonchev–Trinajstić information content (AvgIpc) is 3.42. The maximum absolute atomic E-state index is 12.3. The zero-order valence-electron chi connectivity index (χ0n) is 17.8. The molecule has 3 aromatic carbocycles. The summed E-state index contributed by atoms with van der Waals surface area (Å²) in [5.74, 6) is 0.517. The highest BCUT2D eigenvalue weighted by atomic mass is 35.5. The molecule has 1 saturated heterocycles. The van der Waals surface area contributed by atoms with Gasteiger partial charge in [-0.2, -0.15) is 5.10 Å². The predicted octanol–water partition coefficient (Wildman–Crippen LogP) is 6.26.